The number of rotatable bonds is 23. The number of unbranched alkanes of at least 4 members (excludes halogenated alkanes) is 5. The fraction of sp³-hybridized carbons (Fsp3) is 0.750. The third-order valence-electron chi connectivity index (χ3n) is 4.51. The smallest absolute Gasteiger partial charge is 0.119 e. The number of nitrogens with two attached hydrogens (primary N) is 1. The van der Waals surface area contributed by atoms with E-state index in [1.807, 2.05) is 24.3 Å². The van der Waals surface area contributed by atoms with Crippen molar-refractivity contribution in [2.24, 2.45) is 0 Å². The second-order valence-electron chi connectivity index (χ2n) is 7.25. The van der Waals surface area contributed by atoms with Crippen LogP contribution in [0, 0.1) is 0 Å². The Morgan fingerprint density at radius 1 is 0.516 bits per heavy atom. The van der Waals surface area contributed by atoms with Crippen LogP contribution in [0.5, 0.6) is 5.75 Å². The first kappa shape index (κ1) is 27.7. The third-order valence-corrected chi connectivity index (χ3v) is 4.51. The number of nitrogen functional groups attached to an aromatic ring is 1. The van der Waals surface area contributed by atoms with E-state index in [0.717, 1.165) is 24.5 Å². The van der Waals surface area contributed by atoms with Gasteiger partial charge in [-0.3, -0.25) is 0 Å². The molecule has 2 N–H and O–H groups in total. The Morgan fingerprint density at radius 3 is 1.45 bits per heavy atom. The molecule has 0 fully saturated rings. The summed E-state index contributed by atoms with van der Waals surface area (Å²) in [5, 5.41) is 0. The number of ether oxygens (including phenoxy) is 6. The van der Waals surface area contributed by atoms with Crippen LogP contribution < -0.4 is 10.5 Å². The summed E-state index contributed by atoms with van der Waals surface area (Å²) in [5.41, 5.74) is 6.35. The maximum atomic E-state index is 5.63. The summed E-state index contributed by atoms with van der Waals surface area (Å²) in [6.07, 6.45) is 7.72. The van der Waals surface area contributed by atoms with Gasteiger partial charge in [-0.1, -0.05) is 39.0 Å². The molecule has 0 aromatic heterocycles. The topological polar surface area (TPSA) is 81.4 Å². The van der Waals surface area contributed by atoms with E-state index in [-0.39, 0.29) is 0 Å². The van der Waals surface area contributed by atoms with Crippen LogP contribution in [-0.2, 0) is 23.7 Å². The summed E-state index contributed by atoms with van der Waals surface area (Å²) in [6, 6.07) is 7.30. The molecule has 0 bridgehead atoms. The molecule has 0 saturated carbocycles. The van der Waals surface area contributed by atoms with E-state index in [9.17, 15) is 0 Å². The average molecular weight is 442 g/mol. The molecule has 0 aliphatic heterocycles. The van der Waals surface area contributed by atoms with Gasteiger partial charge in [0.25, 0.3) is 0 Å². The summed E-state index contributed by atoms with van der Waals surface area (Å²) in [4.78, 5) is 0. The molecule has 7 nitrogen and oxygen atoms in total. The maximum Gasteiger partial charge on any atom is 0.119 e. The van der Waals surface area contributed by atoms with Crippen LogP contribution in [0.1, 0.15) is 45.4 Å². The zero-order valence-electron chi connectivity index (χ0n) is 19.4. The summed E-state index contributed by atoms with van der Waals surface area (Å²) < 4.78 is 33.0. The molecule has 0 unspecified atom stereocenters. The zero-order chi connectivity index (χ0) is 22.2. The highest BCUT2D eigenvalue weighted by molar-refractivity contribution is 5.41. The van der Waals surface area contributed by atoms with Gasteiger partial charge in [0.05, 0.1) is 59.5 Å². The summed E-state index contributed by atoms with van der Waals surface area (Å²) in [6.45, 7) is 8.69. The minimum Gasteiger partial charge on any atom is -0.491 e. The normalized spacial score (nSPS) is 11.1. The van der Waals surface area contributed by atoms with Crippen molar-refractivity contribution in [2.75, 3.05) is 78.4 Å². The maximum absolute atomic E-state index is 5.63. The fourth-order valence-electron chi connectivity index (χ4n) is 2.75. The van der Waals surface area contributed by atoms with Crippen molar-refractivity contribution < 1.29 is 28.4 Å². The Morgan fingerprint density at radius 2 is 0.935 bits per heavy atom. The van der Waals surface area contributed by atoms with Crippen LogP contribution in [0.3, 0.4) is 0 Å². The van der Waals surface area contributed by atoms with Crippen LogP contribution in [0.15, 0.2) is 24.3 Å². The van der Waals surface area contributed by atoms with E-state index in [0.29, 0.717) is 66.1 Å². The van der Waals surface area contributed by atoms with Crippen LogP contribution in [0.25, 0.3) is 0 Å². The van der Waals surface area contributed by atoms with Crippen molar-refractivity contribution in [3.8, 4) is 5.75 Å². The summed E-state index contributed by atoms with van der Waals surface area (Å²) >= 11 is 0. The molecule has 0 aliphatic rings. The minimum absolute atomic E-state index is 0.497. The van der Waals surface area contributed by atoms with Gasteiger partial charge in [-0.25, -0.2) is 0 Å². The van der Waals surface area contributed by atoms with Gasteiger partial charge >= 0.3 is 0 Å². The Balaban J connectivity index is 1.68. The van der Waals surface area contributed by atoms with Gasteiger partial charge in [-0.15, -0.1) is 0 Å². The fourth-order valence-corrected chi connectivity index (χ4v) is 2.75. The second kappa shape index (κ2) is 21.8. The molecule has 0 amide bonds. The molecule has 31 heavy (non-hydrogen) atoms. The number of hydrogen-bond donors (Lipinski definition) is 1. The van der Waals surface area contributed by atoms with Crippen molar-refractivity contribution in [1.29, 1.82) is 0 Å². The lowest BCUT2D eigenvalue weighted by Crippen LogP contribution is -2.14. The highest BCUT2D eigenvalue weighted by Gasteiger charge is 1.96. The Kier molecular flexibility index (Phi) is 19.5. The monoisotopic (exact) mass is 441 g/mol. The average Bonchev–Trinajstić information content (AvgIpc) is 2.78. The molecule has 0 saturated heterocycles. The molecular formula is C24H43NO6. The van der Waals surface area contributed by atoms with Crippen molar-refractivity contribution in [3.63, 3.8) is 0 Å². The van der Waals surface area contributed by atoms with E-state index in [2.05, 4.69) is 6.92 Å². The first-order valence-electron chi connectivity index (χ1n) is 11.7. The molecule has 1 aromatic rings. The highest BCUT2D eigenvalue weighted by Crippen LogP contribution is 2.12. The van der Waals surface area contributed by atoms with Gasteiger partial charge in [0.2, 0.25) is 0 Å². The van der Waals surface area contributed by atoms with Crippen LogP contribution in [0.4, 0.5) is 5.69 Å². The largest absolute Gasteiger partial charge is 0.491 e. The van der Waals surface area contributed by atoms with Crippen LogP contribution >= 0.6 is 0 Å². The molecule has 7 heteroatoms. The van der Waals surface area contributed by atoms with Gasteiger partial charge in [0, 0.05) is 12.3 Å². The molecule has 1 rings (SSSR count). The standard InChI is InChI=1S/C24H43NO6/c1-2-3-4-5-6-7-12-26-13-14-27-15-16-28-17-18-29-19-20-30-21-22-31-24-10-8-23(25)9-11-24/h8-11H,2-7,12-22,25H2,1H3. The zero-order valence-corrected chi connectivity index (χ0v) is 19.4. The Bertz CT molecular complexity index is 485. The van der Waals surface area contributed by atoms with E-state index in [4.69, 9.17) is 34.2 Å². The molecule has 0 atom stereocenters. The molecular weight excluding hydrogens is 398 g/mol. The third kappa shape index (κ3) is 19.1. The molecule has 180 valence electrons. The predicted molar refractivity (Wildman–Crippen MR) is 124 cm³/mol. The number of anilines is 1. The van der Waals surface area contributed by atoms with Gasteiger partial charge in [-0.2, -0.15) is 0 Å². The van der Waals surface area contributed by atoms with E-state index in [1.54, 1.807) is 0 Å². The van der Waals surface area contributed by atoms with Crippen molar-refractivity contribution >= 4 is 5.69 Å². The van der Waals surface area contributed by atoms with E-state index >= 15 is 0 Å². The van der Waals surface area contributed by atoms with Crippen molar-refractivity contribution in [3.05, 3.63) is 24.3 Å². The molecule has 1 aromatic carbocycles. The Hall–Kier alpha value is -1.38. The van der Waals surface area contributed by atoms with Crippen LogP contribution in [-0.4, -0.2) is 72.7 Å². The van der Waals surface area contributed by atoms with Gasteiger partial charge in [0.15, 0.2) is 0 Å². The lowest BCUT2D eigenvalue weighted by Gasteiger charge is -2.09. The molecule has 0 heterocycles. The van der Waals surface area contributed by atoms with E-state index in [1.165, 1.54) is 32.1 Å². The highest BCUT2D eigenvalue weighted by atomic mass is 16.6. The van der Waals surface area contributed by atoms with Gasteiger partial charge in [-0.05, 0) is 30.7 Å². The predicted octanol–water partition coefficient (Wildman–Crippen LogP) is 4.09. The SMILES string of the molecule is CCCCCCCCOCCOCCOCCOCCOCCOc1ccc(N)cc1. The molecule has 0 radical (unpaired) electrons. The molecule has 0 aliphatic carbocycles. The van der Waals surface area contributed by atoms with Gasteiger partial charge < -0.3 is 34.2 Å². The number of benzene rings is 1. The number of hydrogen-bond acceptors (Lipinski definition) is 7. The Labute approximate surface area is 188 Å². The first-order valence-corrected chi connectivity index (χ1v) is 11.7. The van der Waals surface area contributed by atoms with E-state index < -0.39 is 0 Å². The summed E-state index contributed by atoms with van der Waals surface area (Å²) in [5.74, 6) is 0.788. The lowest BCUT2D eigenvalue weighted by molar-refractivity contribution is -0.0128. The quantitative estimate of drug-likeness (QED) is 0.202. The summed E-state index contributed by atoms with van der Waals surface area (Å²) in [7, 11) is 0. The second-order valence-corrected chi connectivity index (χ2v) is 7.25. The lowest BCUT2D eigenvalue weighted by atomic mass is 10.1. The van der Waals surface area contributed by atoms with Crippen LogP contribution in [0.2, 0.25) is 0 Å². The molecule has 0 spiro atoms. The van der Waals surface area contributed by atoms with Gasteiger partial charge in [0.1, 0.15) is 12.4 Å². The minimum atomic E-state index is 0.497. The first-order chi connectivity index (χ1) is 15.3. The van der Waals surface area contributed by atoms with Crippen molar-refractivity contribution in [2.45, 2.75) is 45.4 Å². The van der Waals surface area contributed by atoms with Crippen molar-refractivity contribution in [1.82, 2.24) is 0 Å².